The lowest BCUT2D eigenvalue weighted by molar-refractivity contribution is 0.302. The highest BCUT2D eigenvalue weighted by Crippen LogP contribution is 2.52. The molecule has 13 rings (SSSR count). The molecule has 0 saturated heterocycles. The lowest BCUT2D eigenvalue weighted by Gasteiger charge is -2.24. The molecule has 2 aliphatic rings. The van der Waals surface area contributed by atoms with Crippen molar-refractivity contribution in [2.75, 3.05) is 0 Å². The minimum absolute atomic E-state index is 0.591. The molecule has 2 aliphatic heterocycles. The number of aromatic nitrogens is 2. The van der Waals surface area contributed by atoms with Crippen LogP contribution in [0.25, 0.3) is 111 Å². The third kappa shape index (κ3) is 4.38. The summed E-state index contributed by atoms with van der Waals surface area (Å²) in [5.74, 6) is 0.952. The Kier molecular flexibility index (Phi) is 6.50. The molecule has 3 heteroatoms. The van der Waals surface area contributed by atoms with Crippen LogP contribution in [-0.4, -0.2) is 9.13 Å². The zero-order chi connectivity index (χ0) is 37.9. The maximum absolute atomic E-state index is 6.36. The van der Waals surface area contributed by atoms with Gasteiger partial charge in [-0.15, -0.1) is 0 Å². The van der Waals surface area contributed by atoms with Crippen molar-refractivity contribution in [3.05, 3.63) is 200 Å². The van der Waals surface area contributed by atoms with Crippen molar-refractivity contribution in [2.45, 2.75) is 6.61 Å². The molecule has 0 saturated carbocycles. The van der Waals surface area contributed by atoms with Crippen LogP contribution in [0.2, 0.25) is 0 Å². The fourth-order valence-corrected chi connectivity index (χ4v) is 10.0. The highest BCUT2D eigenvalue weighted by Gasteiger charge is 2.30. The van der Waals surface area contributed by atoms with Gasteiger partial charge in [0, 0.05) is 43.9 Å². The molecular formula is C55H34N2O. The molecule has 0 fully saturated rings. The van der Waals surface area contributed by atoms with E-state index < -0.39 is 0 Å². The Bertz CT molecular complexity index is 3510. The Balaban J connectivity index is 0.983. The maximum atomic E-state index is 6.36. The summed E-state index contributed by atoms with van der Waals surface area (Å²) in [6.45, 7) is 0.591. The summed E-state index contributed by atoms with van der Waals surface area (Å²) in [6, 6.07) is 71.2. The van der Waals surface area contributed by atoms with Crippen molar-refractivity contribution < 1.29 is 4.74 Å². The summed E-state index contributed by atoms with van der Waals surface area (Å²) in [6.07, 6.45) is 0. The molecule has 9 aromatic carbocycles. The van der Waals surface area contributed by atoms with Gasteiger partial charge in [0.1, 0.15) is 12.4 Å². The zero-order valence-electron chi connectivity index (χ0n) is 31.5. The normalized spacial score (nSPS) is 12.6. The molecule has 11 aromatic rings. The van der Waals surface area contributed by atoms with Crippen LogP contribution in [0, 0.1) is 0 Å². The Labute approximate surface area is 335 Å². The fraction of sp³-hybridized carbons (Fsp3) is 0.0182. The van der Waals surface area contributed by atoms with E-state index in [0.29, 0.717) is 6.61 Å². The van der Waals surface area contributed by atoms with E-state index in [1.807, 2.05) is 0 Å². The van der Waals surface area contributed by atoms with E-state index in [9.17, 15) is 0 Å². The molecule has 0 amide bonds. The molecule has 0 atom stereocenters. The predicted octanol–water partition coefficient (Wildman–Crippen LogP) is 14.4. The van der Waals surface area contributed by atoms with Crippen LogP contribution < -0.4 is 4.74 Å². The minimum atomic E-state index is 0.591. The fourth-order valence-electron chi connectivity index (χ4n) is 10.0. The van der Waals surface area contributed by atoms with Crippen molar-refractivity contribution in [1.82, 2.24) is 9.13 Å². The second kappa shape index (κ2) is 11.9. The first-order valence-electron chi connectivity index (χ1n) is 20.0. The van der Waals surface area contributed by atoms with E-state index in [2.05, 4.69) is 203 Å². The van der Waals surface area contributed by atoms with Crippen molar-refractivity contribution in [3.63, 3.8) is 0 Å². The average molecular weight is 739 g/mol. The zero-order valence-corrected chi connectivity index (χ0v) is 31.5. The smallest absolute Gasteiger partial charge is 0.129 e. The molecule has 0 spiro atoms. The van der Waals surface area contributed by atoms with Crippen LogP contribution in [0.1, 0.15) is 5.56 Å². The molecule has 58 heavy (non-hydrogen) atoms. The third-order valence-electron chi connectivity index (χ3n) is 12.5. The number of fused-ring (bicyclic) bond motifs is 8. The summed E-state index contributed by atoms with van der Waals surface area (Å²) in [7, 11) is 0. The first-order chi connectivity index (χ1) is 28.8. The molecule has 0 bridgehead atoms. The number of hydrogen-bond acceptors (Lipinski definition) is 1. The summed E-state index contributed by atoms with van der Waals surface area (Å²) < 4.78 is 11.3. The standard InChI is InChI=1S/C55H34N2O/c1-2-12-34(13-3-1)40-17-4-5-18-41(40)37-14-8-16-39(30-37)56-48-23-7-6-19-42(48)46-31-35(26-28-49(46)56)36-27-29-50-47(32-36)45-22-10-21-44-43-20-9-15-38-33-58-52-25-11-24-51(54(52)53(38)43)57(50)55(44)45/h1-32H,33H2. The van der Waals surface area contributed by atoms with Gasteiger partial charge in [-0.25, -0.2) is 0 Å². The van der Waals surface area contributed by atoms with Gasteiger partial charge < -0.3 is 13.9 Å². The summed E-state index contributed by atoms with van der Waals surface area (Å²) >= 11 is 0. The molecule has 0 N–H and O–H groups in total. The van der Waals surface area contributed by atoms with Crippen LogP contribution in [0.15, 0.2) is 194 Å². The van der Waals surface area contributed by atoms with Gasteiger partial charge in [0.05, 0.1) is 27.8 Å². The van der Waals surface area contributed by atoms with Gasteiger partial charge >= 0.3 is 0 Å². The van der Waals surface area contributed by atoms with Crippen LogP contribution in [-0.2, 0) is 6.61 Å². The number of ether oxygens (including phenoxy) is 1. The predicted molar refractivity (Wildman–Crippen MR) is 240 cm³/mol. The molecule has 270 valence electrons. The monoisotopic (exact) mass is 738 g/mol. The van der Waals surface area contributed by atoms with E-state index in [1.54, 1.807) is 0 Å². The molecule has 2 aromatic heterocycles. The van der Waals surface area contributed by atoms with Crippen LogP contribution in [0.3, 0.4) is 0 Å². The topological polar surface area (TPSA) is 19.1 Å². The second-order valence-corrected chi connectivity index (χ2v) is 15.6. The van der Waals surface area contributed by atoms with Gasteiger partial charge in [0.15, 0.2) is 0 Å². The summed E-state index contributed by atoms with van der Waals surface area (Å²) in [5.41, 5.74) is 20.7. The second-order valence-electron chi connectivity index (χ2n) is 15.6. The number of rotatable bonds is 4. The van der Waals surface area contributed by atoms with Crippen molar-refractivity contribution in [2.24, 2.45) is 0 Å². The van der Waals surface area contributed by atoms with Gasteiger partial charge in [-0.05, 0) is 99.1 Å². The Morgan fingerprint density at radius 2 is 0.983 bits per heavy atom. The number of nitrogens with zero attached hydrogens (tertiary/aromatic N) is 2. The molecule has 3 nitrogen and oxygen atoms in total. The molecule has 4 heterocycles. The molecular weight excluding hydrogens is 705 g/mol. The van der Waals surface area contributed by atoms with Crippen molar-refractivity contribution in [3.8, 4) is 72.8 Å². The van der Waals surface area contributed by atoms with Crippen LogP contribution >= 0.6 is 0 Å². The van der Waals surface area contributed by atoms with Gasteiger partial charge in [-0.1, -0.05) is 140 Å². The van der Waals surface area contributed by atoms with E-state index >= 15 is 0 Å². The Morgan fingerprint density at radius 1 is 0.362 bits per heavy atom. The van der Waals surface area contributed by atoms with Gasteiger partial charge in [0.25, 0.3) is 0 Å². The van der Waals surface area contributed by atoms with Crippen LogP contribution in [0.5, 0.6) is 5.75 Å². The average Bonchev–Trinajstić information content (AvgIpc) is 3.76. The molecule has 0 radical (unpaired) electrons. The lowest BCUT2D eigenvalue weighted by atomic mass is 9.88. The molecule has 0 unspecified atom stereocenters. The van der Waals surface area contributed by atoms with E-state index in [0.717, 1.165) is 11.4 Å². The lowest BCUT2D eigenvalue weighted by Crippen LogP contribution is -2.08. The third-order valence-corrected chi connectivity index (χ3v) is 12.5. The minimum Gasteiger partial charge on any atom is -0.488 e. The van der Waals surface area contributed by atoms with E-state index in [4.69, 9.17) is 4.74 Å². The quantitative estimate of drug-likeness (QED) is 0.176. The summed E-state index contributed by atoms with van der Waals surface area (Å²) in [4.78, 5) is 0. The largest absolute Gasteiger partial charge is 0.488 e. The Hall–Kier alpha value is -7.62. The van der Waals surface area contributed by atoms with Crippen LogP contribution in [0.4, 0.5) is 0 Å². The number of para-hydroxylation sites is 2. The number of benzene rings is 9. The number of hydrogen-bond donors (Lipinski definition) is 0. The van der Waals surface area contributed by atoms with E-state index in [1.165, 1.54) is 110 Å². The first-order valence-corrected chi connectivity index (χ1v) is 20.0. The van der Waals surface area contributed by atoms with Gasteiger partial charge in [-0.2, -0.15) is 0 Å². The Morgan fingerprint density at radius 3 is 1.84 bits per heavy atom. The first kappa shape index (κ1) is 31.6. The van der Waals surface area contributed by atoms with E-state index in [-0.39, 0.29) is 0 Å². The summed E-state index contributed by atoms with van der Waals surface area (Å²) in [5, 5.41) is 4.99. The van der Waals surface area contributed by atoms with Crippen molar-refractivity contribution in [1.29, 1.82) is 0 Å². The van der Waals surface area contributed by atoms with Crippen molar-refractivity contribution >= 4 is 43.6 Å². The molecule has 0 aliphatic carbocycles. The highest BCUT2D eigenvalue weighted by atomic mass is 16.5. The van der Waals surface area contributed by atoms with Gasteiger partial charge in [-0.3, -0.25) is 0 Å². The van der Waals surface area contributed by atoms with Gasteiger partial charge in [0.2, 0.25) is 0 Å². The SMILES string of the molecule is c1ccc(-c2ccccc2-c2cccc(-n3c4ccccc4c4cc(-c5ccc6c(c5)c5cccc7c5n6-c5cccc6c5-c5c(cccc5-7)CO6)ccc43)c2)cc1. The highest BCUT2D eigenvalue weighted by molar-refractivity contribution is 6.18. The maximum Gasteiger partial charge on any atom is 0.129 e.